The SMILES string of the molecule is Cc1ccccc1N(C)c1ccc(Cl)cc1C#N. The van der Waals surface area contributed by atoms with E-state index in [0.717, 1.165) is 11.4 Å². The van der Waals surface area contributed by atoms with Crippen molar-refractivity contribution in [2.75, 3.05) is 11.9 Å². The molecule has 0 atom stereocenters. The predicted octanol–water partition coefficient (Wildman–Crippen LogP) is 4.29. The van der Waals surface area contributed by atoms with E-state index in [-0.39, 0.29) is 0 Å². The second-order valence-corrected chi connectivity index (χ2v) is 4.56. The van der Waals surface area contributed by atoms with E-state index in [4.69, 9.17) is 11.6 Å². The summed E-state index contributed by atoms with van der Waals surface area (Å²) >= 11 is 5.91. The highest BCUT2D eigenvalue weighted by Gasteiger charge is 2.11. The molecule has 0 aliphatic rings. The van der Waals surface area contributed by atoms with Crippen molar-refractivity contribution in [2.24, 2.45) is 0 Å². The molecule has 2 aromatic rings. The van der Waals surface area contributed by atoms with Crippen LogP contribution in [-0.2, 0) is 0 Å². The Morgan fingerprint density at radius 2 is 1.83 bits per heavy atom. The van der Waals surface area contributed by atoms with Crippen molar-refractivity contribution in [3.63, 3.8) is 0 Å². The fraction of sp³-hybridized carbons (Fsp3) is 0.133. The molecule has 0 spiro atoms. The second kappa shape index (κ2) is 5.12. The Hall–Kier alpha value is -1.98. The number of nitriles is 1. The normalized spacial score (nSPS) is 9.89. The Morgan fingerprint density at radius 3 is 2.50 bits per heavy atom. The zero-order valence-corrected chi connectivity index (χ0v) is 11.1. The minimum Gasteiger partial charge on any atom is -0.343 e. The number of para-hydroxylation sites is 1. The molecular weight excluding hydrogens is 244 g/mol. The fourth-order valence-electron chi connectivity index (χ4n) is 1.96. The summed E-state index contributed by atoms with van der Waals surface area (Å²) in [5, 5.41) is 9.75. The first kappa shape index (κ1) is 12.5. The number of halogens is 1. The van der Waals surface area contributed by atoms with E-state index in [1.807, 2.05) is 49.2 Å². The van der Waals surface area contributed by atoms with E-state index in [2.05, 4.69) is 6.07 Å². The topological polar surface area (TPSA) is 27.0 Å². The average Bonchev–Trinajstić information content (AvgIpc) is 2.38. The lowest BCUT2D eigenvalue weighted by Gasteiger charge is -2.22. The molecule has 0 saturated heterocycles. The summed E-state index contributed by atoms with van der Waals surface area (Å²) in [4.78, 5) is 2.00. The molecule has 2 rings (SSSR count). The standard InChI is InChI=1S/C15H13ClN2/c1-11-5-3-4-6-14(11)18(2)15-8-7-13(16)9-12(15)10-17/h3-9H,1-2H3. The number of anilines is 2. The smallest absolute Gasteiger partial charge is 0.101 e. The van der Waals surface area contributed by atoms with Crippen molar-refractivity contribution < 1.29 is 0 Å². The maximum Gasteiger partial charge on any atom is 0.101 e. The van der Waals surface area contributed by atoms with Gasteiger partial charge in [-0.15, -0.1) is 0 Å². The summed E-state index contributed by atoms with van der Waals surface area (Å²) in [6.07, 6.45) is 0. The van der Waals surface area contributed by atoms with Crippen LogP contribution in [0, 0.1) is 18.3 Å². The van der Waals surface area contributed by atoms with Crippen LogP contribution in [0.15, 0.2) is 42.5 Å². The van der Waals surface area contributed by atoms with Crippen LogP contribution in [0.4, 0.5) is 11.4 Å². The zero-order valence-electron chi connectivity index (χ0n) is 10.3. The third kappa shape index (κ3) is 2.32. The molecule has 0 radical (unpaired) electrons. The first-order chi connectivity index (χ1) is 8.63. The van der Waals surface area contributed by atoms with Crippen LogP contribution < -0.4 is 4.90 Å². The van der Waals surface area contributed by atoms with Gasteiger partial charge in [0.1, 0.15) is 6.07 Å². The van der Waals surface area contributed by atoms with E-state index >= 15 is 0 Å². The van der Waals surface area contributed by atoms with E-state index in [0.29, 0.717) is 10.6 Å². The van der Waals surface area contributed by atoms with Gasteiger partial charge < -0.3 is 4.90 Å². The van der Waals surface area contributed by atoms with Gasteiger partial charge in [0, 0.05) is 17.8 Å². The summed E-state index contributed by atoms with van der Waals surface area (Å²) in [5.74, 6) is 0. The minimum atomic E-state index is 0.577. The van der Waals surface area contributed by atoms with Crippen LogP contribution in [0.5, 0.6) is 0 Å². The lowest BCUT2D eigenvalue weighted by Crippen LogP contribution is -2.12. The minimum absolute atomic E-state index is 0.577. The van der Waals surface area contributed by atoms with Crippen LogP contribution >= 0.6 is 11.6 Å². The summed E-state index contributed by atoms with van der Waals surface area (Å²) in [5.41, 5.74) is 3.68. The summed E-state index contributed by atoms with van der Waals surface area (Å²) < 4.78 is 0. The Labute approximate surface area is 112 Å². The Morgan fingerprint density at radius 1 is 1.11 bits per heavy atom. The molecule has 0 heterocycles. The summed E-state index contributed by atoms with van der Waals surface area (Å²) in [6, 6.07) is 15.6. The maximum absolute atomic E-state index is 9.17. The first-order valence-electron chi connectivity index (χ1n) is 5.62. The largest absolute Gasteiger partial charge is 0.343 e. The van der Waals surface area contributed by atoms with Gasteiger partial charge in [0.25, 0.3) is 0 Å². The van der Waals surface area contributed by atoms with Crippen molar-refractivity contribution in [1.29, 1.82) is 5.26 Å². The Bertz CT molecular complexity index is 614. The summed E-state index contributed by atoms with van der Waals surface area (Å²) in [7, 11) is 1.95. The highest BCUT2D eigenvalue weighted by molar-refractivity contribution is 6.30. The Balaban J connectivity index is 2.50. The number of hydrogen-bond acceptors (Lipinski definition) is 2. The summed E-state index contributed by atoms with van der Waals surface area (Å²) in [6.45, 7) is 2.05. The number of nitrogens with zero attached hydrogens (tertiary/aromatic N) is 2. The molecule has 0 aliphatic heterocycles. The number of aryl methyl sites for hydroxylation is 1. The molecule has 0 saturated carbocycles. The van der Waals surface area contributed by atoms with Crippen LogP contribution in [0.25, 0.3) is 0 Å². The van der Waals surface area contributed by atoms with E-state index in [1.54, 1.807) is 12.1 Å². The van der Waals surface area contributed by atoms with Crippen LogP contribution in [0.1, 0.15) is 11.1 Å². The van der Waals surface area contributed by atoms with Gasteiger partial charge in [0.15, 0.2) is 0 Å². The van der Waals surface area contributed by atoms with Crippen molar-refractivity contribution in [2.45, 2.75) is 6.92 Å². The molecule has 0 aliphatic carbocycles. The highest BCUT2D eigenvalue weighted by Crippen LogP contribution is 2.30. The number of benzene rings is 2. The highest BCUT2D eigenvalue weighted by atomic mass is 35.5. The molecule has 0 aromatic heterocycles. The van der Waals surface area contributed by atoms with Crippen LogP contribution in [0.3, 0.4) is 0 Å². The molecule has 2 nitrogen and oxygen atoms in total. The lowest BCUT2D eigenvalue weighted by atomic mass is 10.1. The van der Waals surface area contributed by atoms with Crippen molar-refractivity contribution in [1.82, 2.24) is 0 Å². The Kier molecular flexibility index (Phi) is 3.55. The van der Waals surface area contributed by atoms with Crippen LogP contribution in [0.2, 0.25) is 5.02 Å². The molecule has 0 fully saturated rings. The number of hydrogen-bond donors (Lipinski definition) is 0. The van der Waals surface area contributed by atoms with Gasteiger partial charge in [-0.25, -0.2) is 0 Å². The van der Waals surface area contributed by atoms with Gasteiger partial charge >= 0.3 is 0 Å². The molecule has 3 heteroatoms. The lowest BCUT2D eigenvalue weighted by molar-refractivity contribution is 1.18. The molecule has 2 aromatic carbocycles. The van der Waals surface area contributed by atoms with Crippen molar-refractivity contribution >= 4 is 23.0 Å². The third-order valence-corrected chi connectivity index (χ3v) is 3.15. The first-order valence-corrected chi connectivity index (χ1v) is 6.00. The van der Waals surface area contributed by atoms with E-state index in [1.165, 1.54) is 5.56 Å². The monoisotopic (exact) mass is 256 g/mol. The molecule has 90 valence electrons. The third-order valence-electron chi connectivity index (χ3n) is 2.92. The predicted molar refractivity (Wildman–Crippen MR) is 75.4 cm³/mol. The molecule has 0 unspecified atom stereocenters. The zero-order chi connectivity index (χ0) is 13.1. The quantitative estimate of drug-likeness (QED) is 0.802. The van der Waals surface area contributed by atoms with Gasteiger partial charge in [0.2, 0.25) is 0 Å². The number of rotatable bonds is 2. The average molecular weight is 257 g/mol. The molecule has 0 amide bonds. The van der Waals surface area contributed by atoms with Gasteiger partial charge in [-0.2, -0.15) is 5.26 Å². The van der Waals surface area contributed by atoms with Crippen molar-refractivity contribution in [3.05, 3.63) is 58.6 Å². The fourth-order valence-corrected chi connectivity index (χ4v) is 2.13. The molecular formula is C15H13ClN2. The van der Waals surface area contributed by atoms with Gasteiger partial charge in [0.05, 0.1) is 11.3 Å². The second-order valence-electron chi connectivity index (χ2n) is 4.12. The van der Waals surface area contributed by atoms with E-state index < -0.39 is 0 Å². The van der Waals surface area contributed by atoms with Gasteiger partial charge in [-0.05, 0) is 36.8 Å². The van der Waals surface area contributed by atoms with Crippen molar-refractivity contribution in [3.8, 4) is 6.07 Å². The van der Waals surface area contributed by atoms with Crippen LogP contribution in [-0.4, -0.2) is 7.05 Å². The van der Waals surface area contributed by atoms with Gasteiger partial charge in [-0.1, -0.05) is 29.8 Å². The van der Waals surface area contributed by atoms with Gasteiger partial charge in [-0.3, -0.25) is 0 Å². The maximum atomic E-state index is 9.17. The van der Waals surface area contributed by atoms with E-state index in [9.17, 15) is 5.26 Å². The molecule has 0 bridgehead atoms. The molecule has 0 N–H and O–H groups in total. The molecule has 18 heavy (non-hydrogen) atoms.